The molecule has 3 aromatic rings. The van der Waals surface area contributed by atoms with E-state index in [1.165, 1.54) is 0 Å². The first-order valence-electron chi connectivity index (χ1n) is 8.67. The largest absolute Gasteiger partial charge is 0.395 e. The molecule has 0 bridgehead atoms. The first kappa shape index (κ1) is 17.1. The van der Waals surface area contributed by atoms with E-state index in [-0.39, 0.29) is 18.3 Å². The van der Waals surface area contributed by atoms with Gasteiger partial charge in [0.1, 0.15) is 17.4 Å². The van der Waals surface area contributed by atoms with Gasteiger partial charge in [0, 0.05) is 29.9 Å². The van der Waals surface area contributed by atoms with E-state index in [2.05, 4.69) is 15.0 Å². The first-order valence-corrected chi connectivity index (χ1v) is 9.05. The zero-order valence-electron chi connectivity index (χ0n) is 14.2. The summed E-state index contributed by atoms with van der Waals surface area (Å²) in [5.74, 6) is 0. The van der Waals surface area contributed by atoms with Crippen molar-refractivity contribution in [3.63, 3.8) is 0 Å². The average Bonchev–Trinajstić information content (AvgIpc) is 3.11. The number of rotatable bonds is 4. The molecule has 0 saturated carbocycles. The molecule has 26 heavy (non-hydrogen) atoms. The van der Waals surface area contributed by atoms with Crippen LogP contribution >= 0.6 is 11.6 Å². The third kappa shape index (κ3) is 3.00. The third-order valence-corrected chi connectivity index (χ3v) is 5.01. The molecule has 1 N–H and O–H groups in total. The van der Waals surface area contributed by atoms with Crippen molar-refractivity contribution in [3.8, 4) is 11.3 Å². The molecule has 1 fully saturated rings. The second-order valence-corrected chi connectivity index (χ2v) is 6.83. The SMILES string of the molecule is O=c1c2cccnc2c(-c2cccc(Cl)c2)nn1C1CCCN1CCO. The van der Waals surface area contributed by atoms with Crippen molar-refractivity contribution >= 4 is 22.5 Å². The van der Waals surface area contributed by atoms with Crippen LogP contribution in [0.5, 0.6) is 0 Å². The highest BCUT2D eigenvalue weighted by Gasteiger charge is 2.28. The number of aromatic nitrogens is 3. The van der Waals surface area contributed by atoms with Gasteiger partial charge >= 0.3 is 0 Å². The summed E-state index contributed by atoms with van der Waals surface area (Å²) in [5.41, 5.74) is 1.87. The molecule has 0 radical (unpaired) electrons. The zero-order valence-corrected chi connectivity index (χ0v) is 14.9. The number of benzene rings is 1. The van der Waals surface area contributed by atoms with Gasteiger partial charge in [-0.05, 0) is 37.1 Å². The quantitative estimate of drug-likeness (QED) is 0.764. The molecular weight excluding hydrogens is 352 g/mol. The van der Waals surface area contributed by atoms with Gasteiger partial charge in [-0.25, -0.2) is 4.68 Å². The summed E-state index contributed by atoms with van der Waals surface area (Å²) in [6.45, 7) is 1.43. The maximum absolute atomic E-state index is 13.1. The van der Waals surface area contributed by atoms with Crippen LogP contribution in [0, 0.1) is 0 Å². The van der Waals surface area contributed by atoms with E-state index in [0.29, 0.717) is 28.2 Å². The summed E-state index contributed by atoms with van der Waals surface area (Å²) in [6, 6.07) is 10.9. The number of β-amino-alcohol motifs (C(OH)–C–C–N with tert-alkyl or cyclic N) is 1. The van der Waals surface area contributed by atoms with E-state index in [0.717, 1.165) is 24.9 Å². The minimum absolute atomic E-state index is 0.0571. The number of fused-ring (bicyclic) bond motifs is 1. The molecule has 6 nitrogen and oxygen atoms in total. The Morgan fingerprint density at radius 1 is 1.27 bits per heavy atom. The summed E-state index contributed by atoms with van der Waals surface area (Å²) in [6.07, 6.45) is 3.30. The summed E-state index contributed by atoms with van der Waals surface area (Å²) in [5, 5.41) is 15.1. The van der Waals surface area contributed by atoms with Crippen molar-refractivity contribution in [2.75, 3.05) is 19.7 Å². The van der Waals surface area contributed by atoms with Crippen LogP contribution < -0.4 is 5.56 Å². The number of halogens is 1. The van der Waals surface area contributed by atoms with Crippen LogP contribution in [0.4, 0.5) is 0 Å². The molecule has 3 heterocycles. The van der Waals surface area contributed by atoms with Crippen LogP contribution in [0.25, 0.3) is 22.2 Å². The smallest absolute Gasteiger partial charge is 0.277 e. The number of hydrogen-bond donors (Lipinski definition) is 1. The molecule has 1 aromatic carbocycles. The van der Waals surface area contributed by atoms with E-state index >= 15 is 0 Å². The van der Waals surface area contributed by atoms with Crippen molar-refractivity contribution in [1.82, 2.24) is 19.7 Å². The number of pyridine rings is 1. The normalized spacial score (nSPS) is 17.8. The van der Waals surface area contributed by atoms with E-state index in [1.54, 1.807) is 29.1 Å². The first-order chi connectivity index (χ1) is 12.7. The predicted octanol–water partition coefficient (Wildman–Crippen LogP) is 2.70. The second kappa shape index (κ2) is 7.15. The Morgan fingerprint density at radius 3 is 2.96 bits per heavy atom. The topological polar surface area (TPSA) is 71.2 Å². The van der Waals surface area contributed by atoms with E-state index in [4.69, 9.17) is 11.6 Å². The molecule has 1 aliphatic heterocycles. The molecule has 1 unspecified atom stereocenters. The van der Waals surface area contributed by atoms with E-state index in [9.17, 15) is 9.90 Å². The Morgan fingerprint density at radius 2 is 2.15 bits per heavy atom. The maximum Gasteiger partial charge on any atom is 0.277 e. The highest BCUT2D eigenvalue weighted by atomic mass is 35.5. The summed E-state index contributed by atoms with van der Waals surface area (Å²) >= 11 is 6.16. The predicted molar refractivity (Wildman–Crippen MR) is 101 cm³/mol. The fourth-order valence-corrected chi connectivity index (χ4v) is 3.79. The Labute approximate surface area is 155 Å². The van der Waals surface area contributed by atoms with Gasteiger partial charge in [-0.2, -0.15) is 5.10 Å². The molecule has 1 saturated heterocycles. The standard InChI is InChI=1S/C19H19ClN4O2/c20-14-5-1-4-13(12-14)17-18-15(6-2-8-21-18)19(26)24(22-17)16-7-3-9-23(16)10-11-25/h1-2,4-6,8,12,16,25H,3,7,9-11H2. The van der Waals surface area contributed by atoms with Crippen molar-refractivity contribution in [1.29, 1.82) is 0 Å². The van der Waals surface area contributed by atoms with Crippen molar-refractivity contribution in [2.24, 2.45) is 0 Å². The van der Waals surface area contributed by atoms with Crippen LogP contribution in [0.15, 0.2) is 47.4 Å². The van der Waals surface area contributed by atoms with Crippen molar-refractivity contribution < 1.29 is 5.11 Å². The molecule has 7 heteroatoms. The third-order valence-electron chi connectivity index (χ3n) is 4.77. The number of aliphatic hydroxyl groups is 1. The lowest BCUT2D eigenvalue weighted by Crippen LogP contribution is -2.37. The second-order valence-electron chi connectivity index (χ2n) is 6.39. The molecule has 134 valence electrons. The molecule has 1 aliphatic rings. The molecule has 2 aromatic heterocycles. The number of nitrogens with zero attached hydrogens (tertiary/aromatic N) is 4. The van der Waals surface area contributed by atoms with Gasteiger partial charge in [0.15, 0.2) is 0 Å². The lowest BCUT2D eigenvalue weighted by molar-refractivity contribution is 0.137. The van der Waals surface area contributed by atoms with Gasteiger partial charge in [0.25, 0.3) is 5.56 Å². The van der Waals surface area contributed by atoms with Crippen LogP contribution in [-0.2, 0) is 0 Å². The van der Waals surface area contributed by atoms with Crippen LogP contribution in [0.1, 0.15) is 19.0 Å². The lowest BCUT2D eigenvalue weighted by Gasteiger charge is -2.25. The van der Waals surface area contributed by atoms with Gasteiger partial charge in [-0.3, -0.25) is 14.7 Å². The Bertz CT molecular complexity index is 1000. The summed E-state index contributed by atoms with van der Waals surface area (Å²) < 4.78 is 1.54. The van der Waals surface area contributed by atoms with Gasteiger partial charge in [0.05, 0.1) is 12.0 Å². The number of hydrogen-bond acceptors (Lipinski definition) is 5. The Balaban J connectivity index is 1.95. The summed E-state index contributed by atoms with van der Waals surface area (Å²) in [4.78, 5) is 19.6. The Hall–Kier alpha value is -2.28. The number of aliphatic hydroxyl groups excluding tert-OH is 1. The number of likely N-dealkylation sites (tertiary alicyclic amines) is 1. The van der Waals surface area contributed by atoms with Crippen LogP contribution in [0.3, 0.4) is 0 Å². The molecule has 0 amide bonds. The average molecular weight is 371 g/mol. The molecule has 0 spiro atoms. The molecule has 4 rings (SSSR count). The van der Waals surface area contributed by atoms with Crippen LogP contribution in [0.2, 0.25) is 5.02 Å². The minimum atomic E-state index is -0.159. The molecule has 0 aliphatic carbocycles. The highest BCUT2D eigenvalue weighted by molar-refractivity contribution is 6.30. The van der Waals surface area contributed by atoms with Gasteiger partial charge in [-0.1, -0.05) is 23.7 Å². The summed E-state index contributed by atoms with van der Waals surface area (Å²) in [7, 11) is 0. The van der Waals surface area contributed by atoms with E-state index < -0.39 is 0 Å². The maximum atomic E-state index is 13.1. The molecule has 1 atom stereocenters. The molecular formula is C19H19ClN4O2. The lowest BCUT2D eigenvalue weighted by atomic mass is 10.1. The van der Waals surface area contributed by atoms with Crippen molar-refractivity contribution in [3.05, 3.63) is 58.0 Å². The Kier molecular flexibility index (Phi) is 4.72. The van der Waals surface area contributed by atoms with E-state index in [1.807, 2.05) is 18.2 Å². The van der Waals surface area contributed by atoms with Gasteiger partial charge in [-0.15, -0.1) is 0 Å². The fourth-order valence-electron chi connectivity index (χ4n) is 3.60. The van der Waals surface area contributed by atoms with Crippen molar-refractivity contribution in [2.45, 2.75) is 19.0 Å². The fraction of sp³-hybridized carbons (Fsp3) is 0.316. The highest BCUT2D eigenvalue weighted by Crippen LogP contribution is 2.29. The van der Waals surface area contributed by atoms with Crippen LogP contribution in [-0.4, -0.2) is 44.5 Å². The zero-order chi connectivity index (χ0) is 18.1. The monoisotopic (exact) mass is 370 g/mol. The minimum Gasteiger partial charge on any atom is -0.395 e. The van der Waals surface area contributed by atoms with Gasteiger partial charge < -0.3 is 5.11 Å². The van der Waals surface area contributed by atoms with Gasteiger partial charge in [0.2, 0.25) is 0 Å².